The van der Waals surface area contributed by atoms with Gasteiger partial charge in [0.1, 0.15) is 18.1 Å². The van der Waals surface area contributed by atoms with Crippen LogP contribution >= 0.6 is 11.6 Å². The molecule has 162 valence electrons. The van der Waals surface area contributed by atoms with Gasteiger partial charge < -0.3 is 14.4 Å². The van der Waals surface area contributed by atoms with Crippen LogP contribution in [0, 0.1) is 6.92 Å². The van der Waals surface area contributed by atoms with Crippen LogP contribution in [-0.4, -0.2) is 41.2 Å². The standard InChI is InChI=1S/C24H26ClN3O3/c1-16-11-17(3-8-23(16)30-2)12-24(29)28-10-9-18(14-28)22-13-20(26-27-22)15-31-21-6-4-19(25)5-7-21/h3-8,11,13,18H,9-10,12,14-15H2,1-2H3,(H,26,27)/t18-/m1/s1. The van der Waals surface area contributed by atoms with Crippen LogP contribution in [0.5, 0.6) is 11.5 Å². The number of nitrogens with one attached hydrogen (secondary N) is 1. The summed E-state index contributed by atoms with van der Waals surface area (Å²) >= 11 is 5.90. The van der Waals surface area contributed by atoms with Crippen molar-refractivity contribution < 1.29 is 14.3 Å². The molecular formula is C24H26ClN3O3. The molecule has 1 aromatic heterocycles. The van der Waals surface area contributed by atoms with Crippen molar-refractivity contribution in [1.29, 1.82) is 0 Å². The summed E-state index contributed by atoms with van der Waals surface area (Å²) in [6.07, 6.45) is 1.31. The van der Waals surface area contributed by atoms with E-state index in [0.29, 0.717) is 24.6 Å². The van der Waals surface area contributed by atoms with Gasteiger partial charge in [0.15, 0.2) is 0 Å². The number of hydrogen-bond acceptors (Lipinski definition) is 4. The van der Waals surface area contributed by atoms with E-state index in [1.807, 2.05) is 48.2 Å². The molecule has 1 amide bonds. The SMILES string of the molecule is COc1ccc(CC(=O)N2CC[C@@H](c3cc(COc4ccc(Cl)cc4)[nH]n3)C2)cc1C. The lowest BCUT2D eigenvalue weighted by atomic mass is 10.0. The molecule has 4 rings (SSSR count). The van der Waals surface area contributed by atoms with E-state index in [2.05, 4.69) is 10.2 Å². The summed E-state index contributed by atoms with van der Waals surface area (Å²) in [4.78, 5) is 14.7. The number of aromatic amines is 1. The summed E-state index contributed by atoms with van der Waals surface area (Å²) in [6, 6.07) is 15.2. The molecule has 2 heterocycles. The molecule has 1 N–H and O–H groups in total. The lowest BCUT2D eigenvalue weighted by Gasteiger charge is -2.16. The molecule has 0 saturated carbocycles. The second kappa shape index (κ2) is 9.43. The van der Waals surface area contributed by atoms with Crippen LogP contribution in [0.15, 0.2) is 48.5 Å². The third-order valence-corrected chi connectivity index (χ3v) is 5.88. The normalized spacial score (nSPS) is 15.8. The van der Waals surface area contributed by atoms with Crippen LogP contribution < -0.4 is 9.47 Å². The minimum absolute atomic E-state index is 0.147. The summed E-state index contributed by atoms with van der Waals surface area (Å²) in [5.41, 5.74) is 3.93. The Bertz CT molecular complexity index is 1050. The smallest absolute Gasteiger partial charge is 0.227 e. The molecular weight excluding hydrogens is 414 g/mol. The van der Waals surface area contributed by atoms with Gasteiger partial charge in [0.05, 0.1) is 24.9 Å². The van der Waals surface area contributed by atoms with E-state index in [4.69, 9.17) is 21.1 Å². The number of carbonyl (C=O) groups excluding carboxylic acids is 1. The van der Waals surface area contributed by atoms with Gasteiger partial charge >= 0.3 is 0 Å². The zero-order chi connectivity index (χ0) is 21.8. The highest BCUT2D eigenvalue weighted by Crippen LogP contribution is 2.27. The van der Waals surface area contributed by atoms with Gasteiger partial charge in [-0.05, 0) is 60.9 Å². The van der Waals surface area contributed by atoms with Crippen LogP contribution in [0.1, 0.15) is 34.9 Å². The number of nitrogens with zero attached hydrogens (tertiary/aromatic N) is 2. The van der Waals surface area contributed by atoms with E-state index in [1.54, 1.807) is 19.2 Å². The third-order valence-electron chi connectivity index (χ3n) is 5.63. The first-order valence-corrected chi connectivity index (χ1v) is 10.7. The van der Waals surface area contributed by atoms with Crippen molar-refractivity contribution in [3.05, 3.63) is 76.1 Å². The number of methoxy groups -OCH3 is 1. The predicted octanol–water partition coefficient (Wildman–Crippen LogP) is 4.52. The molecule has 1 aliphatic heterocycles. The maximum Gasteiger partial charge on any atom is 0.227 e. The number of aromatic nitrogens is 2. The molecule has 31 heavy (non-hydrogen) atoms. The molecule has 6 nitrogen and oxygen atoms in total. The van der Waals surface area contributed by atoms with E-state index in [9.17, 15) is 4.79 Å². The molecule has 0 spiro atoms. The minimum atomic E-state index is 0.147. The molecule has 0 radical (unpaired) electrons. The summed E-state index contributed by atoms with van der Waals surface area (Å²) in [5, 5.41) is 8.18. The summed E-state index contributed by atoms with van der Waals surface area (Å²) in [7, 11) is 1.65. The Kier molecular flexibility index (Phi) is 6.47. The number of amides is 1. The van der Waals surface area contributed by atoms with Gasteiger partial charge in [-0.2, -0.15) is 5.10 Å². The van der Waals surface area contributed by atoms with Crippen LogP contribution in [-0.2, 0) is 17.8 Å². The molecule has 1 aliphatic rings. The highest BCUT2D eigenvalue weighted by atomic mass is 35.5. The molecule has 0 bridgehead atoms. The first-order valence-electron chi connectivity index (χ1n) is 10.4. The van der Waals surface area contributed by atoms with Crippen molar-refractivity contribution in [3.8, 4) is 11.5 Å². The zero-order valence-electron chi connectivity index (χ0n) is 17.7. The molecule has 1 saturated heterocycles. The Morgan fingerprint density at radius 2 is 2.03 bits per heavy atom. The van der Waals surface area contributed by atoms with Crippen molar-refractivity contribution in [2.45, 2.75) is 32.3 Å². The Hall–Kier alpha value is -2.99. The van der Waals surface area contributed by atoms with Gasteiger partial charge in [0, 0.05) is 24.0 Å². The number of likely N-dealkylation sites (tertiary alicyclic amines) is 1. The predicted molar refractivity (Wildman–Crippen MR) is 120 cm³/mol. The summed E-state index contributed by atoms with van der Waals surface area (Å²) < 4.78 is 11.1. The monoisotopic (exact) mass is 439 g/mol. The Labute approximate surface area is 187 Å². The fourth-order valence-corrected chi connectivity index (χ4v) is 4.05. The maximum absolute atomic E-state index is 12.8. The quantitative estimate of drug-likeness (QED) is 0.587. The van der Waals surface area contributed by atoms with Gasteiger partial charge in [-0.15, -0.1) is 0 Å². The minimum Gasteiger partial charge on any atom is -0.496 e. The highest BCUT2D eigenvalue weighted by Gasteiger charge is 2.29. The van der Waals surface area contributed by atoms with E-state index < -0.39 is 0 Å². The van der Waals surface area contributed by atoms with Crippen LogP contribution in [0.3, 0.4) is 0 Å². The third kappa shape index (κ3) is 5.20. The topological polar surface area (TPSA) is 67.4 Å². The molecule has 1 atom stereocenters. The average Bonchev–Trinajstić information content (AvgIpc) is 3.43. The molecule has 1 fully saturated rings. The average molecular weight is 440 g/mol. The van der Waals surface area contributed by atoms with Gasteiger partial charge in [-0.25, -0.2) is 0 Å². The van der Waals surface area contributed by atoms with Gasteiger partial charge in [-0.3, -0.25) is 9.89 Å². The molecule has 7 heteroatoms. The van der Waals surface area contributed by atoms with Crippen LogP contribution in [0.25, 0.3) is 0 Å². The van der Waals surface area contributed by atoms with Crippen molar-refractivity contribution in [2.24, 2.45) is 0 Å². The second-order valence-electron chi connectivity index (χ2n) is 7.87. The van der Waals surface area contributed by atoms with Gasteiger partial charge in [-0.1, -0.05) is 23.7 Å². The fraction of sp³-hybridized carbons (Fsp3) is 0.333. The zero-order valence-corrected chi connectivity index (χ0v) is 18.5. The lowest BCUT2D eigenvalue weighted by molar-refractivity contribution is -0.129. The molecule has 0 unspecified atom stereocenters. The summed E-state index contributed by atoms with van der Waals surface area (Å²) in [5.74, 6) is 1.98. The number of carbonyl (C=O) groups is 1. The number of halogens is 1. The van der Waals surface area contributed by atoms with Gasteiger partial charge in [0.2, 0.25) is 5.91 Å². The van der Waals surface area contributed by atoms with Crippen LogP contribution in [0.2, 0.25) is 5.02 Å². The lowest BCUT2D eigenvalue weighted by Crippen LogP contribution is -2.29. The Morgan fingerprint density at radius 3 is 2.77 bits per heavy atom. The number of hydrogen-bond donors (Lipinski definition) is 1. The van der Waals surface area contributed by atoms with E-state index in [1.165, 1.54) is 0 Å². The summed E-state index contributed by atoms with van der Waals surface area (Å²) in [6.45, 7) is 3.84. The van der Waals surface area contributed by atoms with E-state index in [-0.39, 0.29) is 11.8 Å². The first kappa shape index (κ1) is 21.2. The first-order chi connectivity index (χ1) is 15.0. The maximum atomic E-state index is 12.8. The number of H-pyrrole nitrogens is 1. The van der Waals surface area contributed by atoms with Crippen molar-refractivity contribution >= 4 is 17.5 Å². The molecule has 3 aromatic rings. The van der Waals surface area contributed by atoms with Crippen molar-refractivity contribution in [1.82, 2.24) is 15.1 Å². The van der Waals surface area contributed by atoms with Crippen molar-refractivity contribution in [3.63, 3.8) is 0 Å². The molecule has 0 aliphatic carbocycles. The highest BCUT2D eigenvalue weighted by molar-refractivity contribution is 6.30. The number of aryl methyl sites for hydroxylation is 1. The van der Waals surface area contributed by atoms with E-state index in [0.717, 1.165) is 47.0 Å². The number of ether oxygens (including phenoxy) is 2. The number of rotatable bonds is 7. The van der Waals surface area contributed by atoms with E-state index >= 15 is 0 Å². The van der Waals surface area contributed by atoms with Gasteiger partial charge in [0.25, 0.3) is 0 Å². The second-order valence-corrected chi connectivity index (χ2v) is 8.30. The Morgan fingerprint density at radius 1 is 1.23 bits per heavy atom. The number of benzene rings is 2. The van der Waals surface area contributed by atoms with Crippen molar-refractivity contribution in [2.75, 3.05) is 20.2 Å². The Balaban J connectivity index is 1.30. The fourth-order valence-electron chi connectivity index (χ4n) is 3.92. The largest absolute Gasteiger partial charge is 0.496 e. The van der Waals surface area contributed by atoms with Crippen LogP contribution in [0.4, 0.5) is 0 Å². The molecule has 2 aromatic carbocycles.